The fraction of sp³-hybridized carbons (Fsp3) is 0. The summed E-state index contributed by atoms with van der Waals surface area (Å²) in [5, 5.41) is 8.52. The van der Waals surface area contributed by atoms with Gasteiger partial charge in [0.05, 0.1) is 0 Å². The summed E-state index contributed by atoms with van der Waals surface area (Å²) in [7, 11) is 0. The Morgan fingerprint density at radius 1 is 0.857 bits per heavy atom. The van der Waals surface area contributed by atoms with Gasteiger partial charge in [-0.25, -0.2) is 4.98 Å². The monoisotopic (exact) mass is 210 g/mol. The molecule has 0 amide bonds. The summed E-state index contributed by atoms with van der Waals surface area (Å²) in [6, 6.07) is 10.7. The van der Waals surface area contributed by atoms with Gasteiger partial charge in [-0.15, -0.1) is 12.4 Å². The quantitative estimate of drug-likeness (QED) is 0.726. The largest absolute Gasteiger partial charge is 0.493 e. The van der Waals surface area contributed by atoms with E-state index in [0.29, 0.717) is 0 Å². The predicted molar refractivity (Wildman–Crippen MR) is 57.4 cm³/mol. The van der Waals surface area contributed by atoms with Crippen molar-refractivity contribution in [2.45, 2.75) is 0 Å². The summed E-state index contributed by atoms with van der Waals surface area (Å²) < 4.78 is 0. The van der Waals surface area contributed by atoms with Crippen LogP contribution in [-0.4, -0.2) is 15.1 Å². The number of hydrogen-bond acceptors (Lipinski definition) is 3. The second-order valence-electron chi connectivity index (χ2n) is 2.21. The highest BCUT2D eigenvalue weighted by atomic mass is 35.5. The van der Waals surface area contributed by atoms with E-state index in [1.54, 1.807) is 24.5 Å². The number of aromatic nitrogens is 2. The number of halogens is 1. The highest BCUT2D eigenvalue weighted by molar-refractivity contribution is 5.85. The van der Waals surface area contributed by atoms with Gasteiger partial charge in [0.2, 0.25) is 5.88 Å². The van der Waals surface area contributed by atoms with E-state index in [-0.39, 0.29) is 18.3 Å². The Bertz CT molecular complexity index is 289. The zero-order valence-corrected chi connectivity index (χ0v) is 8.26. The number of hydrogen-bond donors (Lipinski definition) is 1. The average molecular weight is 211 g/mol. The fourth-order valence-electron chi connectivity index (χ4n) is 0.666. The minimum absolute atomic E-state index is 0. The summed E-state index contributed by atoms with van der Waals surface area (Å²) in [4.78, 5) is 7.32. The van der Waals surface area contributed by atoms with Gasteiger partial charge in [0, 0.05) is 24.7 Å². The third kappa shape index (κ3) is 5.97. The van der Waals surface area contributed by atoms with Crippen LogP contribution in [0.1, 0.15) is 0 Å². The Morgan fingerprint density at radius 3 is 1.71 bits per heavy atom. The summed E-state index contributed by atoms with van der Waals surface area (Å²) in [5.41, 5.74) is 0. The molecule has 14 heavy (non-hydrogen) atoms. The van der Waals surface area contributed by atoms with Crippen molar-refractivity contribution in [1.82, 2.24) is 9.97 Å². The summed E-state index contributed by atoms with van der Waals surface area (Å²) in [6.07, 6.45) is 5.04. The Morgan fingerprint density at radius 2 is 1.50 bits per heavy atom. The van der Waals surface area contributed by atoms with Gasteiger partial charge in [0.1, 0.15) is 0 Å². The molecule has 2 rings (SSSR count). The highest BCUT2D eigenvalue weighted by Crippen LogP contribution is 1.96. The van der Waals surface area contributed by atoms with Gasteiger partial charge in [-0.1, -0.05) is 12.1 Å². The number of nitrogens with zero attached hydrogens (tertiary/aromatic N) is 2. The van der Waals surface area contributed by atoms with Crippen LogP contribution in [0.5, 0.6) is 5.88 Å². The molecule has 0 spiro atoms. The second-order valence-corrected chi connectivity index (χ2v) is 2.21. The lowest BCUT2D eigenvalue weighted by molar-refractivity contribution is 0.453. The zero-order chi connectivity index (χ0) is 9.36. The molecule has 0 aromatic carbocycles. The minimum Gasteiger partial charge on any atom is -0.493 e. The maximum atomic E-state index is 8.52. The van der Waals surface area contributed by atoms with Crippen LogP contribution < -0.4 is 0 Å². The van der Waals surface area contributed by atoms with Crippen LogP contribution in [-0.2, 0) is 0 Å². The molecule has 0 radical (unpaired) electrons. The summed E-state index contributed by atoms with van der Waals surface area (Å²) in [5.74, 6) is 0.0718. The maximum absolute atomic E-state index is 8.52. The van der Waals surface area contributed by atoms with E-state index >= 15 is 0 Å². The topological polar surface area (TPSA) is 46.0 Å². The molecule has 2 aromatic heterocycles. The molecule has 2 aromatic rings. The van der Waals surface area contributed by atoms with E-state index in [1.165, 1.54) is 12.3 Å². The summed E-state index contributed by atoms with van der Waals surface area (Å²) >= 11 is 0. The lowest BCUT2D eigenvalue weighted by Crippen LogP contribution is -1.66. The number of pyridine rings is 2. The maximum Gasteiger partial charge on any atom is 0.210 e. The molecule has 0 aliphatic carbocycles. The predicted octanol–water partition coefficient (Wildman–Crippen LogP) is 2.29. The molecule has 0 atom stereocenters. The van der Waals surface area contributed by atoms with Crippen LogP contribution in [0.15, 0.2) is 55.0 Å². The smallest absolute Gasteiger partial charge is 0.210 e. The van der Waals surface area contributed by atoms with Crippen LogP contribution in [0.3, 0.4) is 0 Å². The third-order valence-corrected chi connectivity index (χ3v) is 1.22. The molecular weight excluding hydrogens is 200 g/mol. The van der Waals surface area contributed by atoms with E-state index in [0.717, 1.165) is 0 Å². The van der Waals surface area contributed by atoms with E-state index in [2.05, 4.69) is 9.97 Å². The lowest BCUT2D eigenvalue weighted by atomic mass is 10.5. The molecule has 0 fully saturated rings. The Hall–Kier alpha value is -1.61. The van der Waals surface area contributed by atoms with Gasteiger partial charge < -0.3 is 5.11 Å². The van der Waals surface area contributed by atoms with Gasteiger partial charge in [0.25, 0.3) is 0 Å². The fourth-order valence-corrected chi connectivity index (χ4v) is 0.666. The molecule has 3 nitrogen and oxygen atoms in total. The zero-order valence-electron chi connectivity index (χ0n) is 7.45. The molecule has 0 saturated heterocycles. The first-order valence-electron chi connectivity index (χ1n) is 3.84. The molecular formula is C10H11ClN2O. The van der Waals surface area contributed by atoms with Gasteiger partial charge >= 0.3 is 0 Å². The third-order valence-electron chi connectivity index (χ3n) is 1.22. The first-order chi connectivity index (χ1) is 6.39. The summed E-state index contributed by atoms with van der Waals surface area (Å²) in [6.45, 7) is 0. The standard InChI is InChI=1S/C5H5NO.C5H5N.ClH/c7-5-3-1-2-4-6-5;1-2-4-6-5-3-1;/h1-4H,(H,6,7);1-5H;1H. The SMILES string of the molecule is Cl.Oc1ccccn1.c1ccncc1. The Labute approximate surface area is 88.9 Å². The molecule has 1 N–H and O–H groups in total. The molecule has 0 aliphatic rings. The minimum atomic E-state index is 0. The van der Waals surface area contributed by atoms with Crippen molar-refractivity contribution in [2.24, 2.45) is 0 Å². The molecule has 0 unspecified atom stereocenters. The van der Waals surface area contributed by atoms with Gasteiger partial charge in [-0.05, 0) is 18.2 Å². The van der Waals surface area contributed by atoms with Crippen LogP contribution >= 0.6 is 12.4 Å². The van der Waals surface area contributed by atoms with Gasteiger partial charge in [-0.2, -0.15) is 0 Å². The van der Waals surface area contributed by atoms with Crippen molar-refractivity contribution >= 4 is 12.4 Å². The van der Waals surface area contributed by atoms with Gasteiger partial charge in [-0.3, -0.25) is 4.98 Å². The molecule has 74 valence electrons. The number of rotatable bonds is 0. The van der Waals surface area contributed by atoms with Crippen LogP contribution in [0.2, 0.25) is 0 Å². The average Bonchev–Trinajstić information content (AvgIpc) is 2.22. The van der Waals surface area contributed by atoms with E-state index in [4.69, 9.17) is 5.11 Å². The van der Waals surface area contributed by atoms with Crippen molar-refractivity contribution in [1.29, 1.82) is 0 Å². The molecule has 0 aliphatic heterocycles. The first-order valence-corrected chi connectivity index (χ1v) is 3.84. The van der Waals surface area contributed by atoms with Crippen LogP contribution in [0, 0.1) is 0 Å². The van der Waals surface area contributed by atoms with Crippen molar-refractivity contribution in [3.05, 3.63) is 55.0 Å². The molecule has 2 heterocycles. The molecule has 0 bridgehead atoms. The highest BCUT2D eigenvalue weighted by Gasteiger charge is 1.76. The van der Waals surface area contributed by atoms with E-state index in [1.807, 2.05) is 18.2 Å². The lowest BCUT2D eigenvalue weighted by Gasteiger charge is -1.81. The van der Waals surface area contributed by atoms with Crippen LogP contribution in [0.4, 0.5) is 0 Å². The van der Waals surface area contributed by atoms with E-state index in [9.17, 15) is 0 Å². The number of aromatic hydroxyl groups is 1. The normalized spacial score (nSPS) is 7.71. The van der Waals surface area contributed by atoms with E-state index < -0.39 is 0 Å². The van der Waals surface area contributed by atoms with Crippen molar-refractivity contribution < 1.29 is 5.11 Å². The van der Waals surface area contributed by atoms with Crippen molar-refractivity contribution in [3.63, 3.8) is 0 Å². The molecule has 0 saturated carbocycles. The first kappa shape index (κ1) is 12.4. The van der Waals surface area contributed by atoms with Crippen molar-refractivity contribution in [2.75, 3.05) is 0 Å². The Kier molecular flexibility index (Phi) is 7.09. The molecule has 4 heteroatoms. The van der Waals surface area contributed by atoms with Gasteiger partial charge in [0.15, 0.2) is 0 Å². The second kappa shape index (κ2) is 8.01. The van der Waals surface area contributed by atoms with Crippen LogP contribution in [0.25, 0.3) is 0 Å². The van der Waals surface area contributed by atoms with Crippen molar-refractivity contribution in [3.8, 4) is 5.88 Å². The Balaban J connectivity index is 0.000000227.